The molecule has 0 aliphatic heterocycles. The highest BCUT2D eigenvalue weighted by Gasteiger charge is 2.05. The van der Waals surface area contributed by atoms with Gasteiger partial charge in [-0.15, -0.1) is 11.3 Å². The molecule has 0 unspecified atom stereocenters. The molecule has 2 aromatic rings. The van der Waals surface area contributed by atoms with Crippen molar-refractivity contribution in [3.63, 3.8) is 0 Å². The second-order valence-corrected chi connectivity index (χ2v) is 5.72. The van der Waals surface area contributed by atoms with Crippen LogP contribution < -0.4 is 5.32 Å². The van der Waals surface area contributed by atoms with Crippen LogP contribution in [0.25, 0.3) is 0 Å². The molecule has 0 saturated heterocycles. The third kappa shape index (κ3) is 3.16. The zero-order valence-electron chi connectivity index (χ0n) is 9.11. The highest BCUT2D eigenvalue weighted by Crippen LogP contribution is 2.31. The van der Waals surface area contributed by atoms with Crippen LogP contribution in [0.2, 0.25) is 9.36 Å². The van der Waals surface area contributed by atoms with E-state index in [0.29, 0.717) is 15.9 Å². The Balaban J connectivity index is 2.00. The van der Waals surface area contributed by atoms with Crippen LogP contribution >= 0.6 is 34.5 Å². The molecule has 0 fully saturated rings. The number of aromatic carboxylic acids is 1. The van der Waals surface area contributed by atoms with Crippen molar-refractivity contribution in [2.24, 2.45) is 0 Å². The Morgan fingerprint density at radius 1 is 1.28 bits per heavy atom. The molecule has 0 spiro atoms. The standard InChI is InChI=1S/C12H9Cl2NO2S/c13-10-5-9(18-11(10)14)6-15-8-3-1-7(2-4-8)12(16)17/h1-5,15H,6H2,(H,16,17). The van der Waals surface area contributed by atoms with Crippen LogP contribution in [0.1, 0.15) is 15.2 Å². The second kappa shape index (κ2) is 5.61. The molecule has 2 rings (SSSR count). The Morgan fingerprint density at radius 2 is 1.94 bits per heavy atom. The molecule has 0 bridgehead atoms. The molecule has 2 N–H and O–H groups in total. The van der Waals surface area contributed by atoms with Gasteiger partial charge in [-0.2, -0.15) is 0 Å². The zero-order chi connectivity index (χ0) is 13.1. The van der Waals surface area contributed by atoms with Gasteiger partial charge in [-0.1, -0.05) is 23.2 Å². The highest BCUT2D eigenvalue weighted by atomic mass is 35.5. The molecule has 0 aliphatic carbocycles. The molecule has 6 heteroatoms. The van der Waals surface area contributed by atoms with E-state index in [1.54, 1.807) is 24.3 Å². The Morgan fingerprint density at radius 3 is 2.44 bits per heavy atom. The monoisotopic (exact) mass is 301 g/mol. The molecule has 0 amide bonds. The number of thiophene rings is 1. The number of carboxylic acids is 1. The lowest BCUT2D eigenvalue weighted by Gasteiger charge is -2.04. The summed E-state index contributed by atoms with van der Waals surface area (Å²) in [7, 11) is 0. The quantitative estimate of drug-likeness (QED) is 0.882. The van der Waals surface area contributed by atoms with E-state index in [-0.39, 0.29) is 5.56 Å². The molecular weight excluding hydrogens is 293 g/mol. The summed E-state index contributed by atoms with van der Waals surface area (Å²) in [6.07, 6.45) is 0. The summed E-state index contributed by atoms with van der Waals surface area (Å²) in [5, 5.41) is 12.5. The maximum absolute atomic E-state index is 10.7. The fourth-order valence-corrected chi connectivity index (χ4v) is 2.77. The predicted molar refractivity (Wildman–Crippen MR) is 75.1 cm³/mol. The summed E-state index contributed by atoms with van der Waals surface area (Å²) in [5.74, 6) is -0.932. The van der Waals surface area contributed by atoms with Crippen molar-refractivity contribution in [2.75, 3.05) is 5.32 Å². The van der Waals surface area contributed by atoms with E-state index < -0.39 is 5.97 Å². The van der Waals surface area contributed by atoms with Crippen LogP contribution in [-0.4, -0.2) is 11.1 Å². The smallest absolute Gasteiger partial charge is 0.335 e. The molecular formula is C12H9Cl2NO2S. The molecule has 1 aromatic heterocycles. The minimum absolute atomic E-state index is 0.266. The average molecular weight is 302 g/mol. The Kier molecular flexibility index (Phi) is 4.11. The summed E-state index contributed by atoms with van der Waals surface area (Å²) in [6, 6.07) is 8.37. The van der Waals surface area contributed by atoms with Gasteiger partial charge in [0.25, 0.3) is 0 Å². The van der Waals surface area contributed by atoms with Gasteiger partial charge in [-0.25, -0.2) is 4.79 Å². The summed E-state index contributed by atoms with van der Waals surface area (Å²) in [6.45, 7) is 0.601. The molecule has 3 nitrogen and oxygen atoms in total. The lowest BCUT2D eigenvalue weighted by Crippen LogP contribution is -1.99. The van der Waals surface area contributed by atoms with Crippen molar-refractivity contribution in [2.45, 2.75) is 6.54 Å². The summed E-state index contributed by atoms with van der Waals surface area (Å²) in [4.78, 5) is 11.7. The maximum Gasteiger partial charge on any atom is 0.335 e. The summed E-state index contributed by atoms with van der Waals surface area (Å²) >= 11 is 13.1. The minimum Gasteiger partial charge on any atom is -0.478 e. The minimum atomic E-state index is -0.932. The van der Waals surface area contributed by atoms with Gasteiger partial charge in [0.2, 0.25) is 0 Å². The van der Waals surface area contributed by atoms with Gasteiger partial charge in [-0.3, -0.25) is 0 Å². The predicted octanol–water partition coefficient (Wildman–Crippen LogP) is 4.37. The largest absolute Gasteiger partial charge is 0.478 e. The first-order valence-electron chi connectivity index (χ1n) is 5.07. The molecule has 0 radical (unpaired) electrons. The molecule has 18 heavy (non-hydrogen) atoms. The summed E-state index contributed by atoms with van der Waals surface area (Å²) in [5.41, 5.74) is 1.11. The fourth-order valence-electron chi connectivity index (χ4n) is 1.40. The first-order valence-corrected chi connectivity index (χ1v) is 6.64. The van der Waals surface area contributed by atoms with Crippen LogP contribution in [0.4, 0.5) is 5.69 Å². The fraction of sp³-hybridized carbons (Fsp3) is 0.0833. The number of rotatable bonds is 4. The van der Waals surface area contributed by atoms with Crippen molar-refractivity contribution >= 4 is 46.2 Å². The highest BCUT2D eigenvalue weighted by molar-refractivity contribution is 7.16. The number of hydrogen-bond acceptors (Lipinski definition) is 3. The number of halogens is 2. The summed E-state index contributed by atoms with van der Waals surface area (Å²) < 4.78 is 0.578. The van der Waals surface area contributed by atoms with Gasteiger partial charge < -0.3 is 10.4 Å². The first kappa shape index (κ1) is 13.2. The van der Waals surface area contributed by atoms with Crippen molar-refractivity contribution in [3.8, 4) is 0 Å². The van der Waals surface area contributed by atoms with Gasteiger partial charge in [0, 0.05) is 17.1 Å². The first-order chi connectivity index (χ1) is 8.56. The van der Waals surface area contributed by atoms with E-state index in [1.807, 2.05) is 6.07 Å². The third-order valence-corrected chi connectivity index (χ3v) is 4.16. The Labute approximate surface area is 118 Å². The van der Waals surface area contributed by atoms with Gasteiger partial charge in [0.15, 0.2) is 0 Å². The van der Waals surface area contributed by atoms with Crippen molar-refractivity contribution in [1.82, 2.24) is 0 Å². The van der Waals surface area contributed by atoms with Crippen molar-refractivity contribution < 1.29 is 9.90 Å². The van der Waals surface area contributed by atoms with Crippen LogP contribution in [-0.2, 0) is 6.54 Å². The second-order valence-electron chi connectivity index (χ2n) is 3.57. The van der Waals surface area contributed by atoms with Crippen LogP contribution in [0, 0.1) is 0 Å². The molecule has 0 atom stereocenters. The third-order valence-electron chi connectivity index (χ3n) is 2.29. The lowest BCUT2D eigenvalue weighted by molar-refractivity contribution is 0.0697. The lowest BCUT2D eigenvalue weighted by atomic mass is 10.2. The van der Waals surface area contributed by atoms with E-state index in [0.717, 1.165) is 10.6 Å². The Hall–Kier alpha value is -1.23. The van der Waals surface area contributed by atoms with E-state index in [4.69, 9.17) is 28.3 Å². The molecule has 94 valence electrons. The topological polar surface area (TPSA) is 49.3 Å². The van der Waals surface area contributed by atoms with Gasteiger partial charge >= 0.3 is 5.97 Å². The van der Waals surface area contributed by atoms with E-state index in [9.17, 15) is 4.79 Å². The number of benzene rings is 1. The number of anilines is 1. The van der Waals surface area contributed by atoms with Crippen LogP contribution in [0.3, 0.4) is 0 Å². The number of nitrogens with one attached hydrogen (secondary N) is 1. The van der Waals surface area contributed by atoms with E-state index in [2.05, 4.69) is 5.32 Å². The van der Waals surface area contributed by atoms with Gasteiger partial charge in [0.05, 0.1) is 10.6 Å². The zero-order valence-corrected chi connectivity index (χ0v) is 11.4. The SMILES string of the molecule is O=C(O)c1ccc(NCc2cc(Cl)c(Cl)s2)cc1. The Bertz CT molecular complexity index is 546. The normalized spacial score (nSPS) is 10.3. The average Bonchev–Trinajstić information content (AvgIpc) is 2.67. The molecule has 0 aliphatic rings. The van der Waals surface area contributed by atoms with Gasteiger partial charge in [0.1, 0.15) is 4.34 Å². The molecule has 1 aromatic carbocycles. The molecule has 1 heterocycles. The van der Waals surface area contributed by atoms with Crippen LogP contribution in [0.15, 0.2) is 30.3 Å². The van der Waals surface area contributed by atoms with E-state index >= 15 is 0 Å². The molecule has 0 saturated carbocycles. The number of carbonyl (C=O) groups is 1. The number of carboxylic acid groups (broad SMARTS) is 1. The van der Waals surface area contributed by atoms with Gasteiger partial charge in [-0.05, 0) is 30.3 Å². The van der Waals surface area contributed by atoms with Crippen molar-refractivity contribution in [1.29, 1.82) is 0 Å². The maximum atomic E-state index is 10.7. The number of hydrogen-bond donors (Lipinski definition) is 2. The van der Waals surface area contributed by atoms with Crippen LogP contribution in [0.5, 0.6) is 0 Å². The van der Waals surface area contributed by atoms with Crippen molar-refractivity contribution in [3.05, 3.63) is 50.1 Å². The van der Waals surface area contributed by atoms with E-state index in [1.165, 1.54) is 11.3 Å².